The number of likely N-dealkylation sites (N-methyl/N-ethyl adjacent to an activating group) is 1. The lowest BCUT2D eigenvalue weighted by Crippen LogP contribution is -2.20. The second-order valence-electron chi connectivity index (χ2n) is 4.23. The summed E-state index contributed by atoms with van der Waals surface area (Å²) in [6, 6.07) is 4.41. The van der Waals surface area contributed by atoms with Gasteiger partial charge in [-0.1, -0.05) is 6.07 Å². The first kappa shape index (κ1) is 11.8. The van der Waals surface area contributed by atoms with Crippen molar-refractivity contribution >= 4 is 0 Å². The van der Waals surface area contributed by atoms with Crippen LogP contribution in [0.4, 0.5) is 0 Å². The van der Waals surface area contributed by atoms with E-state index in [2.05, 4.69) is 21.4 Å². The molecule has 0 aliphatic carbocycles. The molecule has 0 spiro atoms. The zero-order chi connectivity index (χ0) is 12.3. The Kier molecular flexibility index (Phi) is 3.54. The van der Waals surface area contributed by atoms with Crippen LogP contribution in [0.1, 0.15) is 23.1 Å². The Bertz CT molecular complexity index is 472. The fraction of sp³-hybridized carbons (Fsp3) is 0.385. The summed E-state index contributed by atoms with van der Waals surface area (Å²) in [7, 11) is 3.98. The van der Waals surface area contributed by atoms with Crippen LogP contribution in [0.15, 0.2) is 30.7 Å². The van der Waals surface area contributed by atoms with Gasteiger partial charge in [0.2, 0.25) is 0 Å². The molecule has 1 atom stereocenters. The molecule has 2 aromatic heterocycles. The highest BCUT2D eigenvalue weighted by molar-refractivity contribution is 5.18. The highest BCUT2D eigenvalue weighted by Gasteiger charge is 2.12. The normalized spacial score (nSPS) is 12.6. The number of hydrogen-bond donors (Lipinski definition) is 1. The van der Waals surface area contributed by atoms with Crippen LogP contribution >= 0.6 is 0 Å². The molecule has 4 nitrogen and oxygen atoms in total. The zero-order valence-electron chi connectivity index (χ0n) is 10.5. The maximum atomic E-state index is 4.35. The second kappa shape index (κ2) is 5.10. The Labute approximate surface area is 102 Å². The standard InChI is InChI=1S/C13H18N4/c1-10-4-5-11(9-16-10)12(14-2)8-13-15-6-7-17(13)3/h4-7,9,12,14H,8H2,1-3H3. The fourth-order valence-electron chi connectivity index (χ4n) is 1.85. The SMILES string of the molecule is CNC(Cc1nccn1C)c1ccc(C)nc1. The van der Waals surface area contributed by atoms with E-state index in [1.165, 1.54) is 5.56 Å². The number of pyridine rings is 1. The summed E-state index contributed by atoms with van der Waals surface area (Å²) >= 11 is 0. The van der Waals surface area contributed by atoms with Crippen molar-refractivity contribution in [3.05, 3.63) is 47.8 Å². The van der Waals surface area contributed by atoms with Gasteiger partial charge < -0.3 is 9.88 Å². The van der Waals surface area contributed by atoms with Crippen LogP contribution in [0.2, 0.25) is 0 Å². The predicted octanol–water partition coefficient (Wildman–Crippen LogP) is 1.63. The molecule has 90 valence electrons. The monoisotopic (exact) mass is 230 g/mol. The number of aromatic nitrogens is 3. The number of hydrogen-bond acceptors (Lipinski definition) is 3. The molecule has 0 fully saturated rings. The summed E-state index contributed by atoms with van der Waals surface area (Å²) in [4.78, 5) is 8.68. The van der Waals surface area contributed by atoms with Gasteiger partial charge in [0.15, 0.2) is 0 Å². The van der Waals surface area contributed by atoms with Gasteiger partial charge in [-0.2, -0.15) is 0 Å². The lowest BCUT2D eigenvalue weighted by molar-refractivity contribution is 0.562. The van der Waals surface area contributed by atoms with Crippen molar-refractivity contribution in [1.29, 1.82) is 0 Å². The predicted molar refractivity (Wildman–Crippen MR) is 67.7 cm³/mol. The van der Waals surface area contributed by atoms with Crippen LogP contribution in [0.5, 0.6) is 0 Å². The van der Waals surface area contributed by atoms with E-state index in [1.807, 2.05) is 50.2 Å². The van der Waals surface area contributed by atoms with E-state index in [0.29, 0.717) is 0 Å². The number of nitrogens with zero attached hydrogens (tertiary/aromatic N) is 3. The minimum Gasteiger partial charge on any atom is -0.338 e. The minimum absolute atomic E-state index is 0.254. The minimum atomic E-state index is 0.254. The van der Waals surface area contributed by atoms with Gasteiger partial charge >= 0.3 is 0 Å². The van der Waals surface area contributed by atoms with E-state index in [9.17, 15) is 0 Å². The Morgan fingerprint density at radius 2 is 2.18 bits per heavy atom. The van der Waals surface area contributed by atoms with Crippen LogP contribution in [0, 0.1) is 6.92 Å². The van der Waals surface area contributed by atoms with Crippen molar-refractivity contribution in [2.45, 2.75) is 19.4 Å². The summed E-state index contributed by atoms with van der Waals surface area (Å²) in [5.74, 6) is 1.07. The smallest absolute Gasteiger partial charge is 0.110 e. The number of nitrogens with one attached hydrogen (secondary N) is 1. The summed E-state index contributed by atoms with van der Waals surface area (Å²) in [6.45, 7) is 2.00. The zero-order valence-corrected chi connectivity index (χ0v) is 10.5. The Balaban J connectivity index is 2.17. The molecule has 0 saturated carbocycles. The lowest BCUT2D eigenvalue weighted by atomic mass is 10.1. The van der Waals surface area contributed by atoms with Gasteiger partial charge in [-0.3, -0.25) is 4.98 Å². The average Bonchev–Trinajstić information content (AvgIpc) is 2.73. The molecule has 2 aromatic rings. The molecule has 0 aromatic carbocycles. The van der Waals surface area contributed by atoms with Gasteiger partial charge in [-0.05, 0) is 25.6 Å². The molecule has 17 heavy (non-hydrogen) atoms. The van der Waals surface area contributed by atoms with Crippen LogP contribution in [-0.2, 0) is 13.5 Å². The van der Waals surface area contributed by atoms with E-state index in [-0.39, 0.29) is 6.04 Å². The molecule has 4 heteroatoms. The summed E-state index contributed by atoms with van der Waals surface area (Å²) in [5, 5.41) is 3.31. The number of rotatable bonds is 4. The first-order chi connectivity index (χ1) is 8.20. The van der Waals surface area contributed by atoms with Crippen LogP contribution in [0.3, 0.4) is 0 Å². The maximum absolute atomic E-state index is 4.35. The van der Waals surface area contributed by atoms with Crippen molar-refractivity contribution in [3.63, 3.8) is 0 Å². The molecule has 0 aliphatic heterocycles. The highest BCUT2D eigenvalue weighted by atomic mass is 15.0. The van der Waals surface area contributed by atoms with Gasteiger partial charge in [0.1, 0.15) is 5.82 Å². The molecule has 0 amide bonds. The quantitative estimate of drug-likeness (QED) is 0.868. The first-order valence-corrected chi connectivity index (χ1v) is 5.76. The molecule has 2 rings (SSSR count). The van der Waals surface area contributed by atoms with E-state index in [4.69, 9.17) is 0 Å². The Morgan fingerprint density at radius 1 is 1.35 bits per heavy atom. The number of imidazole rings is 1. The van der Waals surface area contributed by atoms with Gasteiger partial charge in [-0.15, -0.1) is 0 Å². The van der Waals surface area contributed by atoms with Crippen molar-refractivity contribution in [2.75, 3.05) is 7.05 Å². The van der Waals surface area contributed by atoms with Gasteiger partial charge in [0.05, 0.1) is 0 Å². The van der Waals surface area contributed by atoms with Gasteiger partial charge in [0, 0.05) is 43.8 Å². The molecule has 0 radical (unpaired) electrons. The highest BCUT2D eigenvalue weighted by Crippen LogP contribution is 2.16. The van der Waals surface area contributed by atoms with E-state index >= 15 is 0 Å². The molecule has 0 aliphatic rings. The molecular weight excluding hydrogens is 212 g/mol. The summed E-state index contributed by atoms with van der Waals surface area (Å²) in [6.07, 6.45) is 6.59. The summed E-state index contributed by atoms with van der Waals surface area (Å²) in [5.41, 5.74) is 2.24. The number of aryl methyl sites for hydroxylation is 2. The van der Waals surface area contributed by atoms with E-state index < -0.39 is 0 Å². The van der Waals surface area contributed by atoms with Crippen molar-refractivity contribution in [1.82, 2.24) is 19.9 Å². The van der Waals surface area contributed by atoms with Crippen LogP contribution in [-0.4, -0.2) is 21.6 Å². The van der Waals surface area contributed by atoms with E-state index in [0.717, 1.165) is 17.9 Å². The van der Waals surface area contributed by atoms with Crippen LogP contribution in [0.25, 0.3) is 0 Å². The molecule has 2 heterocycles. The van der Waals surface area contributed by atoms with Crippen molar-refractivity contribution in [2.24, 2.45) is 7.05 Å². The molecule has 0 saturated heterocycles. The molecular formula is C13H18N4. The third-order valence-electron chi connectivity index (χ3n) is 2.99. The molecule has 1 unspecified atom stereocenters. The third-order valence-corrected chi connectivity index (χ3v) is 2.99. The van der Waals surface area contributed by atoms with Crippen molar-refractivity contribution < 1.29 is 0 Å². The van der Waals surface area contributed by atoms with E-state index in [1.54, 1.807) is 0 Å². The van der Waals surface area contributed by atoms with Gasteiger partial charge in [-0.25, -0.2) is 4.98 Å². The Hall–Kier alpha value is -1.68. The molecule has 0 bridgehead atoms. The fourth-order valence-corrected chi connectivity index (χ4v) is 1.85. The van der Waals surface area contributed by atoms with Crippen molar-refractivity contribution in [3.8, 4) is 0 Å². The first-order valence-electron chi connectivity index (χ1n) is 5.76. The molecule has 1 N–H and O–H groups in total. The van der Waals surface area contributed by atoms with Crippen LogP contribution < -0.4 is 5.32 Å². The topological polar surface area (TPSA) is 42.7 Å². The average molecular weight is 230 g/mol. The third kappa shape index (κ3) is 2.71. The summed E-state index contributed by atoms with van der Waals surface area (Å²) < 4.78 is 2.05. The largest absolute Gasteiger partial charge is 0.338 e. The Morgan fingerprint density at radius 3 is 2.71 bits per heavy atom. The maximum Gasteiger partial charge on any atom is 0.110 e. The second-order valence-corrected chi connectivity index (χ2v) is 4.23. The lowest BCUT2D eigenvalue weighted by Gasteiger charge is -2.16. The van der Waals surface area contributed by atoms with Gasteiger partial charge in [0.25, 0.3) is 0 Å².